The third-order valence-corrected chi connectivity index (χ3v) is 4.99. The van der Waals surface area contributed by atoms with Gasteiger partial charge in [-0.3, -0.25) is 0 Å². The molecule has 1 N–H and O–H groups in total. The molecule has 0 radical (unpaired) electrons. The molecule has 3 rings (SSSR count). The van der Waals surface area contributed by atoms with E-state index in [4.69, 9.17) is 0 Å². The van der Waals surface area contributed by atoms with Crippen LogP contribution in [0, 0.1) is 23.7 Å². The van der Waals surface area contributed by atoms with E-state index in [1.165, 1.54) is 38.5 Å². The van der Waals surface area contributed by atoms with Crippen molar-refractivity contribution in [1.29, 1.82) is 0 Å². The summed E-state index contributed by atoms with van der Waals surface area (Å²) < 4.78 is 0. The monoisotopic (exact) mass is 207 g/mol. The standard InChI is InChI=1S/C14H25N/c1-9(2)14(11-5-6-11)15-13-8-10-3-4-12(13)7-10/h9-15H,3-8H2,1-2H3. The molecule has 0 aromatic rings. The summed E-state index contributed by atoms with van der Waals surface area (Å²) in [6, 6.07) is 1.71. The summed E-state index contributed by atoms with van der Waals surface area (Å²) >= 11 is 0. The van der Waals surface area contributed by atoms with E-state index in [0.717, 1.165) is 35.8 Å². The smallest absolute Gasteiger partial charge is 0.0121 e. The van der Waals surface area contributed by atoms with Gasteiger partial charge in [0.2, 0.25) is 0 Å². The Balaban J connectivity index is 1.59. The van der Waals surface area contributed by atoms with Crippen molar-refractivity contribution in [2.75, 3.05) is 0 Å². The van der Waals surface area contributed by atoms with Crippen molar-refractivity contribution in [2.24, 2.45) is 23.7 Å². The second kappa shape index (κ2) is 3.76. The van der Waals surface area contributed by atoms with Gasteiger partial charge in [0.1, 0.15) is 0 Å². The molecule has 4 unspecified atom stereocenters. The van der Waals surface area contributed by atoms with E-state index < -0.39 is 0 Å². The zero-order chi connectivity index (χ0) is 10.4. The quantitative estimate of drug-likeness (QED) is 0.746. The van der Waals surface area contributed by atoms with E-state index in [1.807, 2.05) is 0 Å². The van der Waals surface area contributed by atoms with Crippen LogP contribution in [-0.2, 0) is 0 Å². The first kappa shape index (κ1) is 10.1. The zero-order valence-electron chi connectivity index (χ0n) is 10.2. The summed E-state index contributed by atoms with van der Waals surface area (Å²) in [6.07, 6.45) is 9.03. The van der Waals surface area contributed by atoms with Gasteiger partial charge in [-0.2, -0.15) is 0 Å². The molecule has 3 aliphatic carbocycles. The second-order valence-electron chi connectivity index (χ2n) is 6.56. The van der Waals surface area contributed by atoms with Gasteiger partial charge in [-0.25, -0.2) is 0 Å². The maximum atomic E-state index is 4.01. The molecular formula is C14H25N. The molecule has 4 atom stereocenters. The molecule has 0 aliphatic heterocycles. The Hall–Kier alpha value is -0.0400. The first-order valence-electron chi connectivity index (χ1n) is 7.00. The molecule has 1 nitrogen and oxygen atoms in total. The number of hydrogen-bond acceptors (Lipinski definition) is 1. The first-order valence-corrected chi connectivity index (χ1v) is 7.00. The molecular weight excluding hydrogens is 182 g/mol. The van der Waals surface area contributed by atoms with Crippen molar-refractivity contribution in [3.8, 4) is 0 Å². The van der Waals surface area contributed by atoms with Crippen LogP contribution in [-0.4, -0.2) is 12.1 Å². The lowest BCUT2D eigenvalue weighted by molar-refractivity contribution is 0.264. The van der Waals surface area contributed by atoms with E-state index in [-0.39, 0.29) is 0 Å². The highest BCUT2D eigenvalue weighted by molar-refractivity contribution is 4.98. The lowest BCUT2D eigenvalue weighted by Gasteiger charge is -2.31. The Labute approximate surface area is 94.0 Å². The van der Waals surface area contributed by atoms with Crippen LogP contribution < -0.4 is 5.32 Å². The van der Waals surface area contributed by atoms with E-state index in [9.17, 15) is 0 Å². The van der Waals surface area contributed by atoms with Gasteiger partial charge in [-0.05, 0) is 55.8 Å². The van der Waals surface area contributed by atoms with Crippen LogP contribution in [0.2, 0.25) is 0 Å². The van der Waals surface area contributed by atoms with Crippen LogP contribution in [0.1, 0.15) is 52.4 Å². The van der Waals surface area contributed by atoms with E-state index in [0.29, 0.717) is 0 Å². The van der Waals surface area contributed by atoms with Gasteiger partial charge in [0, 0.05) is 12.1 Å². The number of fused-ring (bicyclic) bond motifs is 2. The summed E-state index contributed by atoms with van der Waals surface area (Å²) in [5.74, 6) is 3.97. The number of rotatable bonds is 4. The molecule has 0 amide bonds. The van der Waals surface area contributed by atoms with Gasteiger partial charge in [-0.15, -0.1) is 0 Å². The zero-order valence-corrected chi connectivity index (χ0v) is 10.2. The molecule has 3 fully saturated rings. The van der Waals surface area contributed by atoms with Crippen LogP contribution >= 0.6 is 0 Å². The summed E-state index contributed by atoms with van der Waals surface area (Å²) in [6.45, 7) is 4.78. The predicted molar refractivity (Wildman–Crippen MR) is 63.7 cm³/mol. The fourth-order valence-electron chi connectivity index (χ4n) is 4.02. The SMILES string of the molecule is CC(C)C(NC1CC2CCC1C2)C1CC1. The fourth-order valence-corrected chi connectivity index (χ4v) is 4.02. The maximum Gasteiger partial charge on any atom is 0.0121 e. The maximum absolute atomic E-state index is 4.01. The predicted octanol–water partition coefficient (Wildman–Crippen LogP) is 3.20. The normalized spacial score (nSPS) is 41.4. The molecule has 0 aromatic carbocycles. The molecule has 0 aromatic heterocycles. The van der Waals surface area contributed by atoms with Crippen LogP contribution in [0.15, 0.2) is 0 Å². The van der Waals surface area contributed by atoms with E-state index >= 15 is 0 Å². The third kappa shape index (κ3) is 1.95. The fraction of sp³-hybridized carbons (Fsp3) is 1.00. The van der Waals surface area contributed by atoms with E-state index in [1.54, 1.807) is 0 Å². The Bertz CT molecular complexity index is 229. The summed E-state index contributed by atoms with van der Waals surface area (Å²) in [4.78, 5) is 0. The van der Waals surface area contributed by atoms with E-state index in [2.05, 4.69) is 19.2 Å². The molecule has 3 saturated carbocycles. The summed E-state index contributed by atoms with van der Waals surface area (Å²) in [5.41, 5.74) is 0. The molecule has 86 valence electrons. The molecule has 2 bridgehead atoms. The highest BCUT2D eigenvalue weighted by Gasteiger charge is 2.42. The Kier molecular flexibility index (Phi) is 2.54. The molecule has 0 heterocycles. The van der Waals surface area contributed by atoms with Crippen molar-refractivity contribution in [3.63, 3.8) is 0 Å². The minimum atomic E-state index is 0.828. The minimum absolute atomic E-state index is 0.828. The lowest BCUT2D eigenvalue weighted by atomic mass is 9.91. The molecule has 1 heteroatoms. The van der Waals surface area contributed by atoms with Gasteiger partial charge in [0.25, 0.3) is 0 Å². The van der Waals surface area contributed by atoms with Gasteiger partial charge in [0.15, 0.2) is 0 Å². The van der Waals surface area contributed by atoms with Crippen molar-refractivity contribution in [3.05, 3.63) is 0 Å². The Morgan fingerprint density at radius 2 is 1.80 bits per heavy atom. The van der Waals surface area contributed by atoms with Crippen LogP contribution in [0.3, 0.4) is 0 Å². The topological polar surface area (TPSA) is 12.0 Å². The minimum Gasteiger partial charge on any atom is -0.310 e. The van der Waals surface area contributed by atoms with Crippen molar-refractivity contribution in [1.82, 2.24) is 5.32 Å². The van der Waals surface area contributed by atoms with Crippen LogP contribution in [0.4, 0.5) is 0 Å². The van der Waals surface area contributed by atoms with Gasteiger partial charge in [0.05, 0.1) is 0 Å². The average Bonchev–Trinajstić information content (AvgIpc) is 2.83. The third-order valence-electron chi connectivity index (χ3n) is 4.99. The largest absolute Gasteiger partial charge is 0.310 e. The molecule has 0 saturated heterocycles. The highest BCUT2D eigenvalue weighted by atomic mass is 15.0. The average molecular weight is 207 g/mol. The van der Waals surface area contributed by atoms with Crippen LogP contribution in [0.25, 0.3) is 0 Å². The van der Waals surface area contributed by atoms with Gasteiger partial charge >= 0.3 is 0 Å². The Morgan fingerprint density at radius 3 is 2.27 bits per heavy atom. The summed E-state index contributed by atoms with van der Waals surface area (Å²) in [7, 11) is 0. The van der Waals surface area contributed by atoms with Crippen molar-refractivity contribution < 1.29 is 0 Å². The second-order valence-corrected chi connectivity index (χ2v) is 6.56. The van der Waals surface area contributed by atoms with Crippen molar-refractivity contribution in [2.45, 2.75) is 64.5 Å². The molecule has 0 spiro atoms. The Morgan fingerprint density at radius 1 is 1.00 bits per heavy atom. The van der Waals surface area contributed by atoms with Crippen molar-refractivity contribution >= 4 is 0 Å². The van der Waals surface area contributed by atoms with Gasteiger partial charge < -0.3 is 5.32 Å². The lowest BCUT2D eigenvalue weighted by Crippen LogP contribution is -2.45. The number of hydrogen-bond donors (Lipinski definition) is 1. The molecule has 15 heavy (non-hydrogen) atoms. The first-order chi connectivity index (χ1) is 7.24. The van der Waals surface area contributed by atoms with Crippen LogP contribution in [0.5, 0.6) is 0 Å². The number of nitrogens with one attached hydrogen (secondary N) is 1. The summed E-state index contributed by atoms with van der Waals surface area (Å²) in [5, 5.41) is 4.01. The van der Waals surface area contributed by atoms with Gasteiger partial charge in [-0.1, -0.05) is 20.3 Å². The highest BCUT2D eigenvalue weighted by Crippen LogP contribution is 2.46. The molecule has 3 aliphatic rings.